The van der Waals surface area contributed by atoms with Gasteiger partial charge in [0.05, 0.1) is 0 Å². The van der Waals surface area contributed by atoms with Crippen LogP contribution >= 0.6 is 0 Å². The molecule has 3 N–H and O–H groups in total. The number of carbonyl (C=O) groups excluding carboxylic acids is 3. The van der Waals surface area contributed by atoms with E-state index >= 15 is 0 Å². The normalized spacial score (nSPS) is 11.6. The Morgan fingerprint density at radius 1 is 1.07 bits per heavy atom. The van der Waals surface area contributed by atoms with Gasteiger partial charge >= 0.3 is 0 Å². The first kappa shape index (κ1) is 19.0. The average molecular weight is 381 g/mol. The molecule has 0 aliphatic rings. The van der Waals surface area contributed by atoms with E-state index in [1.54, 1.807) is 30.3 Å². The Bertz CT molecular complexity index is 1000. The highest BCUT2D eigenvalue weighted by molar-refractivity contribution is 6.38. The minimum absolute atomic E-state index is 0.0435. The summed E-state index contributed by atoms with van der Waals surface area (Å²) in [5, 5.41) is 6.28. The molecule has 0 aliphatic heterocycles. The Kier molecular flexibility index (Phi) is 5.59. The second-order valence-electron chi connectivity index (χ2n) is 6.03. The second kappa shape index (κ2) is 8.26. The van der Waals surface area contributed by atoms with Crippen LogP contribution in [0.4, 0.5) is 4.39 Å². The van der Waals surface area contributed by atoms with Crippen LogP contribution in [-0.4, -0.2) is 28.8 Å². The van der Waals surface area contributed by atoms with Gasteiger partial charge in [0, 0.05) is 12.0 Å². The van der Waals surface area contributed by atoms with Gasteiger partial charge in [0.1, 0.15) is 29.4 Å². The number of benzene rings is 2. The molecule has 3 rings (SSSR count). The third-order valence-corrected chi connectivity index (χ3v) is 4.08. The molecule has 8 heteroatoms. The number of carbonyl (C=O) groups is 3. The number of nitrogens with two attached hydrogens (primary N) is 1. The zero-order valence-electron chi connectivity index (χ0n) is 14.6. The maximum atomic E-state index is 13.1. The standard InChI is InChI=1S/C20H16FN3O4/c21-14-8-6-13(7-9-14)17-15(11-28-24-17)20(27)23-16(18(25)19(22)26)10-12-4-2-1-3-5-12/h1-9,11,16H,10H2,(H2,22,26)(H,23,27)/t16-/m0/s1. The number of nitrogens with zero attached hydrogens (tertiary/aromatic N) is 1. The molecule has 142 valence electrons. The number of Topliss-reactive ketones (excluding diaryl/α,β-unsaturated/α-hetero) is 1. The zero-order valence-corrected chi connectivity index (χ0v) is 14.6. The molecule has 0 unspecified atom stereocenters. The van der Waals surface area contributed by atoms with Gasteiger partial charge in [0.2, 0.25) is 5.78 Å². The summed E-state index contributed by atoms with van der Waals surface area (Å²) in [5.74, 6) is -3.17. The molecular weight excluding hydrogens is 365 g/mol. The number of nitrogens with one attached hydrogen (secondary N) is 1. The van der Waals surface area contributed by atoms with Crippen LogP contribution in [0.15, 0.2) is 65.4 Å². The van der Waals surface area contributed by atoms with Crippen LogP contribution in [0.1, 0.15) is 15.9 Å². The third kappa shape index (κ3) is 4.29. The Hall–Kier alpha value is -3.81. The lowest BCUT2D eigenvalue weighted by Gasteiger charge is -2.16. The highest BCUT2D eigenvalue weighted by Gasteiger charge is 2.27. The van der Waals surface area contributed by atoms with Gasteiger partial charge in [0.25, 0.3) is 11.8 Å². The fourth-order valence-electron chi connectivity index (χ4n) is 2.68. The molecule has 0 spiro atoms. The van der Waals surface area contributed by atoms with Crippen LogP contribution in [0.2, 0.25) is 0 Å². The van der Waals surface area contributed by atoms with E-state index in [-0.39, 0.29) is 17.7 Å². The SMILES string of the molecule is NC(=O)C(=O)[C@H](Cc1ccccc1)NC(=O)c1conc1-c1ccc(F)cc1. The first-order valence-electron chi connectivity index (χ1n) is 8.34. The van der Waals surface area contributed by atoms with Crippen LogP contribution in [-0.2, 0) is 16.0 Å². The molecule has 0 fully saturated rings. The number of primary amides is 1. The van der Waals surface area contributed by atoms with E-state index < -0.39 is 29.5 Å². The van der Waals surface area contributed by atoms with Crippen molar-refractivity contribution in [1.29, 1.82) is 0 Å². The molecule has 3 aromatic rings. The van der Waals surface area contributed by atoms with Gasteiger partial charge in [-0.2, -0.15) is 0 Å². The molecule has 1 aromatic heterocycles. The van der Waals surface area contributed by atoms with E-state index in [0.717, 1.165) is 11.8 Å². The molecule has 0 aliphatic carbocycles. The first-order valence-corrected chi connectivity index (χ1v) is 8.34. The molecule has 2 aromatic carbocycles. The Morgan fingerprint density at radius 2 is 1.75 bits per heavy atom. The largest absolute Gasteiger partial charge is 0.363 e. The van der Waals surface area contributed by atoms with Gasteiger partial charge in [-0.15, -0.1) is 0 Å². The fraction of sp³-hybridized carbons (Fsp3) is 0.100. The number of hydrogen-bond acceptors (Lipinski definition) is 5. The minimum atomic E-state index is -1.15. The molecule has 0 bridgehead atoms. The van der Waals surface area contributed by atoms with E-state index in [1.807, 2.05) is 0 Å². The minimum Gasteiger partial charge on any atom is -0.363 e. The van der Waals surface area contributed by atoms with Crippen molar-refractivity contribution in [1.82, 2.24) is 10.5 Å². The molecule has 1 heterocycles. The molecule has 7 nitrogen and oxygen atoms in total. The zero-order chi connectivity index (χ0) is 20.1. The molecular formula is C20H16FN3O4. The van der Waals surface area contributed by atoms with Crippen molar-refractivity contribution in [3.05, 3.63) is 77.8 Å². The predicted molar refractivity (Wildman–Crippen MR) is 97.5 cm³/mol. The fourth-order valence-corrected chi connectivity index (χ4v) is 2.68. The quantitative estimate of drug-likeness (QED) is 0.606. The van der Waals surface area contributed by atoms with E-state index in [4.69, 9.17) is 10.3 Å². The van der Waals surface area contributed by atoms with Crippen molar-refractivity contribution in [3.63, 3.8) is 0 Å². The van der Waals surface area contributed by atoms with Gasteiger partial charge in [0.15, 0.2) is 0 Å². The van der Waals surface area contributed by atoms with Gasteiger partial charge in [-0.1, -0.05) is 35.5 Å². The topological polar surface area (TPSA) is 115 Å². The van der Waals surface area contributed by atoms with E-state index in [0.29, 0.717) is 5.56 Å². The van der Waals surface area contributed by atoms with Gasteiger partial charge < -0.3 is 15.6 Å². The lowest BCUT2D eigenvalue weighted by molar-refractivity contribution is -0.137. The van der Waals surface area contributed by atoms with Gasteiger partial charge in [-0.05, 0) is 29.8 Å². The van der Waals surface area contributed by atoms with Crippen LogP contribution in [0.3, 0.4) is 0 Å². The summed E-state index contributed by atoms with van der Waals surface area (Å²) in [6, 6.07) is 13.1. The smallest absolute Gasteiger partial charge is 0.287 e. The Labute approximate surface area is 159 Å². The number of ketones is 1. The van der Waals surface area contributed by atoms with Crippen LogP contribution in [0.25, 0.3) is 11.3 Å². The van der Waals surface area contributed by atoms with Crippen molar-refractivity contribution in [2.24, 2.45) is 5.73 Å². The molecule has 0 radical (unpaired) electrons. The van der Waals surface area contributed by atoms with Crippen molar-refractivity contribution in [3.8, 4) is 11.3 Å². The molecule has 0 saturated heterocycles. The highest BCUT2D eigenvalue weighted by atomic mass is 19.1. The number of amides is 2. The van der Waals surface area contributed by atoms with E-state index in [1.165, 1.54) is 24.3 Å². The summed E-state index contributed by atoms with van der Waals surface area (Å²) in [6.45, 7) is 0. The van der Waals surface area contributed by atoms with E-state index in [9.17, 15) is 18.8 Å². The summed E-state index contributed by atoms with van der Waals surface area (Å²) in [7, 11) is 0. The summed E-state index contributed by atoms with van der Waals surface area (Å²) in [6.07, 6.45) is 1.20. The third-order valence-electron chi connectivity index (χ3n) is 4.08. The summed E-state index contributed by atoms with van der Waals surface area (Å²) in [4.78, 5) is 36.3. The molecule has 0 saturated carbocycles. The average Bonchev–Trinajstić information content (AvgIpc) is 3.18. The number of aromatic nitrogens is 1. The van der Waals surface area contributed by atoms with E-state index in [2.05, 4.69) is 10.5 Å². The molecule has 1 atom stereocenters. The van der Waals surface area contributed by atoms with Crippen LogP contribution < -0.4 is 11.1 Å². The highest BCUT2D eigenvalue weighted by Crippen LogP contribution is 2.22. The lowest BCUT2D eigenvalue weighted by atomic mass is 10.0. The number of hydrogen-bond donors (Lipinski definition) is 2. The maximum Gasteiger partial charge on any atom is 0.287 e. The summed E-state index contributed by atoms with van der Waals surface area (Å²) >= 11 is 0. The Morgan fingerprint density at radius 3 is 2.39 bits per heavy atom. The first-order chi connectivity index (χ1) is 13.5. The van der Waals surface area contributed by atoms with Crippen LogP contribution in [0, 0.1) is 5.82 Å². The van der Waals surface area contributed by atoms with Crippen molar-refractivity contribution >= 4 is 17.6 Å². The predicted octanol–water partition coefficient (Wildman–Crippen LogP) is 1.88. The van der Waals surface area contributed by atoms with Gasteiger partial charge in [-0.25, -0.2) is 4.39 Å². The maximum absolute atomic E-state index is 13.1. The Balaban J connectivity index is 1.84. The monoisotopic (exact) mass is 381 g/mol. The van der Waals surface area contributed by atoms with Crippen molar-refractivity contribution in [2.45, 2.75) is 12.5 Å². The molecule has 2 amide bonds. The number of rotatable bonds is 7. The summed E-state index contributed by atoms with van der Waals surface area (Å²) in [5.41, 5.74) is 6.54. The van der Waals surface area contributed by atoms with Crippen molar-refractivity contribution < 1.29 is 23.3 Å². The second-order valence-corrected chi connectivity index (χ2v) is 6.03. The van der Waals surface area contributed by atoms with Gasteiger partial charge in [-0.3, -0.25) is 14.4 Å². The lowest BCUT2D eigenvalue weighted by Crippen LogP contribution is -2.47. The van der Waals surface area contributed by atoms with Crippen LogP contribution in [0.5, 0.6) is 0 Å². The summed E-state index contributed by atoms with van der Waals surface area (Å²) < 4.78 is 18.0. The number of halogens is 1. The van der Waals surface area contributed by atoms with Crippen molar-refractivity contribution in [2.75, 3.05) is 0 Å². The molecule has 28 heavy (non-hydrogen) atoms.